The maximum Gasteiger partial charge on any atom is 0.209 e. The first-order chi connectivity index (χ1) is 8.81. The number of benzene rings is 1. The number of ether oxygens (including phenoxy) is 2. The Bertz CT molecular complexity index is 524. The SMILES string of the molecule is COC(NC=O)C(OC)c1c[nH]c2ccccc12. The first kappa shape index (κ1) is 12.6. The highest BCUT2D eigenvalue weighted by Crippen LogP contribution is 2.28. The number of rotatable bonds is 6. The lowest BCUT2D eigenvalue weighted by molar-refractivity contribution is -0.118. The number of carbonyl (C=O) groups is 1. The average molecular weight is 248 g/mol. The number of carbonyl (C=O) groups excluding carboxylic acids is 1. The molecule has 1 aromatic carbocycles. The van der Waals surface area contributed by atoms with Gasteiger partial charge in [0.15, 0.2) is 6.23 Å². The van der Waals surface area contributed by atoms with Gasteiger partial charge in [-0.25, -0.2) is 0 Å². The molecule has 18 heavy (non-hydrogen) atoms. The number of hydrogen-bond donors (Lipinski definition) is 2. The Morgan fingerprint density at radius 3 is 2.72 bits per heavy atom. The van der Waals surface area contributed by atoms with Crippen molar-refractivity contribution in [3.8, 4) is 0 Å². The number of aromatic amines is 1. The maximum atomic E-state index is 10.6. The van der Waals surface area contributed by atoms with Crippen molar-refractivity contribution >= 4 is 17.3 Å². The van der Waals surface area contributed by atoms with Gasteiger partial charge in [-0.3, -0.25) is 4.79 Å². The van der Waals surface area contributed by atoms with E-state index in [-0.39, 0.29) is 6.10 Å². The Labute approximate surface area is 105 Å². The van der Waals surface area contributed by atoms with Crippen LogP contribution in [0.2, 0.25) is 0 Å². The fourth-order valence-electron chi connectivity index (χ4n) is 2.09. The maximum absolute atomic E-state index is 10.6. The molecule has 2 unspecified atom stereocenters. The molecule has 1 amide bonds. The van der Waals surface area contributed by atoms with Crippen LogP contribution in [-0.2, 0) is 14.3 Å². The van der Waals surface area contributed by atoms with E-state index in [0.717, 1.165) is 16.5 Å². The predicted octanol–water partition coefficient (Wildman–Crippen LogP) is 1.57. The van der Waals surface area contributed by atoms with E-state index < -0.39 is 6.23 Å². The molecule has 2 rings (SSSR count). The van der Waals surface area contributed by atoms with Gasteiger partial charge in [0, 0.05) is 36.9 Å². The van der Waals surface area contributed by atoms with Crippen LogP contribution < -0.4 is 5.32 Å². The van der Waals surface area contributed by atoms with Gasteiger partial charge in [-0.15, -0.1) is 0 Å². The zero-order chi connectivity index (χ0) is 13.0. The van der Waals surface area contributed by atoms with E-state index in [0.29, 0.717) is 6.41 Å². The van der Waals surface area contributed by atoms with Crippen molar-refractivity contribution in [2.45, 2.75) is 12.3 Å². The number of H-pyrrole nitrogens is 1. The van der Waals surface area contributed by atoms with Gasteiger partial charge >= 0.3 is 0 Å². The van der Waals surface area contributed by atoms with E-state index in [9.17, 15) is 4.79 Å². The summed E-state index contributed by atoms with van der Waals surface area (Å²) in [4.78, 5) is 13.7. The largest absolute Gasteiger partial charge is 0.372 e. The summed E-state index contributed by atoms with van der Waals surface area (Å²) >= 11 is 0. The van der Waals surface area contributed by atoms with E-state index in [4.69, 9.17) is 9.47 Å². The summed E-state index contributed by atoms with van der Waals surface area (Å²) in [7, 11) is 3.12. The van der Waals surface area contributed by atoms with Gasteiger partial charge < -0.3 is 19.8 Å². The number of methoxy groups -OCH3 is 2. The van der Waals surface area contributed by atoms with E-state index in [2.05, 4.69) is 10.3 Å². The van der Waals surface area contributed by atoms with Crippen molar-refractivity contribution in [1.29, 1.82) is 0 Å². The summed E-state index contributed by atoms with van der Waals surface area (Å²) in [5.74, 6) is 0. The topological polar surface area (TPSA) is 63.4 Å². The van der Waals surface area contributed by atoms with Crippen molar-refractivity contribution < 1.29 is 14.3 Å². The first-order valence-corrected chi connectivity index (χ1v) is 5.63. The number of hydrogen-bond acceptors (Lipinski definition) is 3. The zero-order valence-electron chi connectivity index (χ0n) is 10.3. The van der Waals surface area contributed by atoms with Crippen LogP contribution in [0.3, 0.4) is 0 Å². The Hall–Kier alpha value is -1.85. The Morgan fingerprint density at radius 2 is 2.06 bits per heavy atom. The molecule has 2 atom stereocenters. The van der Waals surface area contributed by atoms with E-state index in [1.54, 1.807) is 7.11 Å². The van der Waals surface area contributed by atoms with E-state index in [1.807, 2.05) is 30.5 Å². The lowest BCUT2D eigenvalue weighted by Gasteiger charge is -2.23. The second-order valence-electron chi connectivity index (χ2n) is 3.89. The molecule has 0 fully saturated rings. The van der Waals surface area contributed by atoms with Crippen LogP contribution in [0.15, 0.2) is 30.5 Å². The number of para-hydroxylation sites is 1. The summed E-state index contributed by atoms with van der Waals surface area (Å²) in [6, 6.07) is 7.91. The summed E-state index contributed by atoms with van der Waals surface area (Å²) in [6.07, 6.45) is 1.59. The molecule has 0 saturated carbocycles. The van der Waals surface area contributed by atoms with Crippen LogP contribution >= 0.6 is 0 Å². The Balaban J connectivity index is 2.40. The van der Waals surface area contributed by atoms with Crippen molar-refractivity contribution in [2.24, 2.45) is 0 Å². The van der Waals surface area contributed by atoms with Crippen LogP contribution in [-0.4, -0.2) is 31.8 Å². The standard InChI is InChI=1S/C13H16N2O3/c1-17-12(13(18-2)15-8-16)10-7-14-11-6-4-3-5-9(10)11/h3-8,12-14H,1-2H3,(H,15,16). The molecule has 0 bridgehead atoms. The lowest BCUT2D eigenvalue weighted by Crippen LogP contribution is -2.36. The first-order valence-electron chi connectivity index (χ1n) is 5.63. The van der Waals surface area contributed by atoms with Crippen LogP contribution in [0.5, 0.6) is 0 Å². The molecule has 96 valence electrons. The van der Waals surface area contributed by atoms with Gasteiger partial charge in [0.05, 0.1) is 0 Å². The molecular weight excluding hydrogens is 232 g/mol. The van der Waals surface area contributed by atoms with Crippen molar-refractivity contribution in [3.63, 3.8) is 0 Å². The third-order valence-electron chi connectivity index (χ3n) is 2.94. The molecular formula is C13H16N2O3. The molecule has 1 aromatic heterocycles. The quantitative estimate of drug-likeness (QED) is 0.602. The normalized spacial score (nSPS) is 14.3. The smallest absolute Gasteiger partial charge is 0.209 e. The molecule has 0 aliphatic heterocycles. The minimum absolute atomic E-state index is 0.364. The molecule has 0 saturated heterocycles. The van der Waals surface area contributed by atoms with Crippen molar-refractivity contribution in [2.75, 3.05) is 14.2 Å². The van der Waals surface area contributed by atoms with Crippen LogP contribution in [0.25, 0.3) is 10.9 Å². The minimum atomic E-state index is -0.522. The second-order valence-corrected chi connectivity index (χ2v) is 3.89. The van der Waals surface area contributed by atoms with E-state index in [1.165, 1.54) is 7.11 Å². The molecule has 0 aliphatic rings. The molecule has 2 aromatic rings. The monoisotopic (exact) mass is 248 g/mol. The fraction of sp³-hybridized carbons (Fsp3) is 0.308. The third kappa shape index (κ3) is 2.23. The molecule has 5 nitrogen and oxygen atoms in total. The van der Waals surface area contributed by atoms with Crippen molar-refractivity contribution in [3.05, 3.63) is 36.0 Å². The van der Waals surface area contributed by atoms with Gasteiger partial charge in [0.1, 0.15) is 6.10 Å². The van der Waals surface area contributed by atoms with Gasteiger partial charge in [-0.2, -0.15) is 0 Å². The molecule has 1 heterocycles. The molecule has 5 heteroatoms. The van der Waals surface area contributed by atoms with Crippen molar-refractivity contribution in [1.82, 2.24) is 10.3 Å². The van der Waals surface area contributed by atoms with Crippen LogP contribution in [0.1, 0.15) is 11.7 Å². The molecule has 0 aliphatic carbocycles. The van der Waals surface area contributed by atoms with Crippen LogP contribution in [0, 0.1) is 0 Å². The highest BCUT2D eigenvalue weighted by Gasteiger charge is 2.24. The summed E-state index contributed by atoms with van der Waals surface area (Å²) in [5.41, 5.74) is 1.98. The highest BCUT2D eigenvalue weighted by molar-refractivity contribution is 5.83. The number of aromatic nitrogens is 1. The molecule has 0 radical (unpaired) electrons. The second kappa shape index (κ2) is 5.66. The molecule has 2 N–H and O–H groups in total. The van der Waals surface area contributed by atoms with Gasteiger partial charge in [-0.05, 0) is 6.07 Å². The number of nitrogens with one attached hydrogen (secondary N) is 2. The van der Waals surface area contributed by atoms with Crippen LogP contribution in [0.4, 0.5) is 0 Å². The fourth-order valence-corrected chi connectivity index (χ4v) is 2.09. The summed E-state index contributed by atoms with van der Waals surface area (Å²) < 4.78 is 10.7. The Morgan fingerprint density at radius 1 is 1.28 bits per heavy atom. The van der Waals surface area contributed by atoms with Gasteiger partial charge in [0.25, 0.3) is 0 Å². The lowest BCUT2D eigenvalue weighted by atomic mass is 10.1. The minimum Gasteiger partial charge on any atom is -0.372 e. The number of fused-ring (bicyclic) bond motifs is 1. The highest BCUT2D eigenvalue weighted by atomic mass is 16.5. The van der Waals surface area contributed by atoms with Gasteiger partial charge in [0.2, 0.25) is 6.41 Å². The third-order valence-corrected chi connectivity index (χ3v) is 2.94. The van der Waals surface area contributed by atoms with Gasteiger partial charge in [-0.1, -0.05) is 18.2 Å². The summed E-state index contributed by atoms with van der Waals surface area (Å²) in [5, 5.41) is 3.65. The zero-order valence-corrected chi connectivity index (χ0v) is 10.3. The Kier molecular flexibility index (Phi) is 3.96. The van der Waals surface area contributed by atoms with E-state index >= 15 is 0 Å². The molecule has 0 spiro atoms. The number of amides is 1. The predicted molar refractivity (Wildman–Crippen MR) is 68.0 cm³/mol. The average Bonchev–Trinajstić information content (AvgIpc) is 2.83. The summed E-state index contributed by atoms with van der Waals surface area (Å²) in [6.45, 7) is 0.